The SMILES string of the molecule is CC(O)c1cc(F)ccc1Oc1ccc(Cl)cc1[N+](=O)[O-]. The van der Waals surface area contributed by atoms with Crippen molar-refractivity contribution in [2.75, 3.05) is 0 Å². The summed E-state index contributed by atoms with van der Waals surface area (Å²) >= 11 is 5.72. The number of ether oxygens (including phenoxy) is 1. The maximum atomic E-state index is 13.2. The molecule has 0 saturated carbocycles. The van der Waals surface area contributed by atoms with E-state index in [1.54, 1.807) is 0 Å². The molecule has 0 aromatic heterocycles. The third kappa shape index (κ3) is 3.48. The predicted molar refractivity (Wildman–Crippen MR) is 75.2 cm³/mol. The molecular weight excluding hydrogens is 301 g/mol. The Bertz CT molecular complexity index is 691. The number of hydrogen-bond donors (Lipinski definition) is 1. The van der Waals surface area contributed by atoms with Gasteiger partial charge < -0.3 is 9.84 Å². The van der Waals surface area contributed by atoms with Gasteiger partial charge in [0.25, 0.3) is 0 Å². The maximum Gasteiger partial charge on any atom is 0.313 e. The van der Waals surface area contributed by atoms with Crippen molar-refractivity contribution in [3.63, 3.8) is 0 Å². The molecule has 0 saturated heterocycles. The van der Waals surface area contributed by atoms with Gasteiger partial charge in [0.05, 0.1) is 11.0 Å². The van der Waals surface area contributed by atoms with Crippen LogP contribution in [-0.4, -0.2) is 10.0 Å². The number of nitro groups is 1. The van der Waals surface area contributed by atoms with E-state index in [-0.39, 0.29) is 27.8 Å². The van der Waals surface area contributed by atoms with Gasteiger partial charge in [-0.1, -0.05) is 11.6 Å². The molecular formula is C14H11ClFNO4. The van der Waals surface area contributed by atoms with Gasteiger partial charge in [0.15, 0.2) is 0 Å². The highest BCUT2D eigenvalue weighted by Gasteiger charge is 2.19. The molecule has 0 amide bonds. The smallest absolute Gasteiger partial charge is 0.313 e. The topological polar surface area (TPSA) is 72.6 Å². The second-order valence-corrected chi connectivity index (χ2v) is 4.77. The molecule has 0 aliphatic rings. The van der Waals surface area contributed by atoms with E-state index in [4.69, 9.17) is 16.3 Å². The van der Waals surface area contributed by atoms with Gasteiger partial charge in [-0.25, -0.2) is 4.39 Å². The summed E-state index contributed by atoms with van der Waals surface area (Å²) in [5.41, 5.74) is -0.123. The van der Waals surface area contributed by atoms with Crippen molar-refractivity contribution in [3.05, 3.63) is 62.9 Å². The van der Waals surface area contributed by atoms with Crippen LogP contribution >= 0.6 is 11.6 Å². The minimum Gasteiger partial charge on any atom is -0.450 e. The predicted octanol–water partition coefficient (Wildman–Crippen LogP) is 4.23. The molecule has 1 atom stereocenters. The summed E-state index contributed by atoms with van der Waals surface area (Å²) in [4.78, 5) is 10.4. The Morgan fingerprint density at radius 3 is 2.57 bits per heavy atom. The van der Waals surface area contributed by atoms with Crippen LogP contribution in [0.5, 0.6) is 11.5 Å². The molecule has 2 aromatic carbocycles. The summed E-state index contributed by atoms with van der Waals surface area (Å²) in [7, 11) is 0. The quantitative estimate of drug-likeness (QED) is 0.677. The summed E-state index contributed by atoms with van der Waals surface area (Å²) in [6.45, 7) is 1.44. The number of rotatable bonds is 4. The third-order valence-electron chi connectivity index (χ3n) is 2.76. The minimum absolute atomic E-state index is 0.0436. The van der Waals surface area contributed by atoms with Crippen molar-refractivity contribution in [1.82, 2.24) is 0 Å². The lowest BCUT2D eigenvalue weighted by Gasteiger charge is -2.13. The second kappa shape index (κ2) is 6.07. The Hall–Kier alpha value is -2.18. The Balaban J connectivity index is 2.46. The molecule has 0 aliphatic heterocycles. The highest BCUT2D eigenvalue weighted by atomic mass is 35.5. The lowest BCUT2D eigenvalue weighted by Crippen LogP contribution is -1.99. The first-order valence-corrected chi connectivity index (χ1v) is 6.35. The van der Waals surface area contributed by atoms with Gasteiger partial charge in [-0.05, 0) is 37.3 Å². The van der Waals surface area contributed by atoms with Gasteiger partial charge in [0.2, 0.25) is 5.75 Å². The Morgan fingerprint density at radius 2 is 1.95 bits per heavy atom. The number of nitrogens with zero attached hydrogens (tertiary/aromatic N) is 1. The average molecular weight is 312 g/mol. The van der Waals surface area contributed by atoms with Crippen molar-refractivity contribution in [1.29, 1.82) is 0 Å². The number of nitro benzene ring substituents is 1. The zero-order valence-electron chi connectivity index (χ0n) is 10.9. The molecule has 0 bridgehead atoms. The van der Waals surface area contributed by atoms with Crippen LogP contribution in [0.25, 0.3) is 0 Å². The first-order valence-electron chi connectivity index (χ1n) is 5.98. The molecule has 5 nitrogen and oxygen atoms in total. The van der Waals surface area contributed by atoms with Gasteiger partial charge in [-0.3, -0.25) is 10.1 Å². The van der Waals surface area contributed by atoms with E-state index in [0.29, 0.717) is 0 Å². The number of aliphatic hydroxyl groups excluding tert-OH is 1. The summed E-state index contributed by atoms with van der Waals surface area (Å²) in [5, 5.41) is 20.8. The molecule has 110 valence electrons. The fraction of sp³-hybridized carbons (Fsp3) is 0.143. The molecule has 0 fully saturated rings. The van der Waals surface area contributed by atoms with Crippen molar-refractivity contribution in [2.45, 2.75) is 13.0 Å². The molecule has 1 N–H and O–H groups in total. The molecule has 0 spiro atoms. The Labute approximate surface area is 124 Å². The van der Waals surface area contributed by atoms with E-state index in [0.717, 1.165) is 18.2 Å². The zero-order valence-corrected chi connectivity index (χ0v) is 11.7. The summed E-state index contributed by atoms with van der Waals surface area (Å²) in [6, 6.07) is 7.49. The molecule has 7 heteroatoms. The van der Waals surface area contributed by atoms with Crippen LogP contribution in [0.3, 0.4) is 0 Å². The molecule has 21 heavy (non-hydrogen) atoms. The molecule has 0 aliphatic carbocycles. The van der Waals surface area contributed by atoms with Gasteiger partial charge in [-0.15, -0.1) is 0 Å². The molecule has 0 heterocycles. The Kier molecular flexibility index (Phi) is 4.40. The number of halogens is 2. The fourth-order valence-corrected chi connectivity index (χ4v) is 1.94. The van der Waals surface area contributed by atoms with E-state index in [1.165, 1.54) is 25.1 Å². The zero-order chi connectivity index (χ0) is 15.6. The van der Waals surface area contributed by atoms with Crippen molar-refractivity contribution >= 4 is 17.3 Å². The van der Waals surface area contributed by atoms with Crippen LogP contribution in [-0.2, 0) is 0 Å². The van der Waals surface area contributed by atoms with Crippen molar-refractivity contribution in [2.24, 2.45) is 0 Å². The third-order valence-corrected chi connectivity index (χ3v) is 2.99. The van der Waals surface area contributed by atoms with E-state index < -0.39 is 16.8 Å². The van der Waals surface area contributed by atoms with Gasteiger partial charge in [-0.2, -0.15) is 0 Å². The van der Waals surface area contributed by atoms with Gasteiger partial charge in [0, 0.05) is 16.7 Å². The molecule has 2 aromatic rings. The van der Waals surface area contributed by atoms with Crippen LogP contribution in [0.15, 0.2) is 36.4 Å². The number of aliphatic hydroxyl groups is 1. The molecule has 0 radical (unpaired) electrons. The van der Waals surface area contributed by atoms with Crippen LogP contribution in [0.4, 0.5) is 10.1 Å². The second-order valence-electron chi connectivity index (χ2n) is 4.33. The maximum absolute atomic E-state index is 13.2. The van der Waals surface area contributed by atoms with E-state index >= 15 is 0 Å². The molecule has 1 unspecified atom stereocenters. The monoisotopic (exact) mass is 311 g/mol. The highest BCUT2D eigenvalue weighted by molar-refractivity contribution is 6.30. The van der Waals surface area contributed by atoms with E-state index in [9.17, 15) is 19.6 Å². The van der Waals surface area contributed by atoms with E-state index in [2.05, 4.69) is 0 Å². The first kappa shape index (κ1) is 15.2. The minimum atomic E-state index is -0.984. The van der Waals surface area contributed by atoms with E-state index in [1.807, 2.05) is 0 Å². The summed E-state index contributed by atoms with van der Waals surface area (Å²) in [6.07, 6.45) is -0.984. The normalized spacial score (nSPS) is 12.0. The standard InChI is InChI=1S/C14H11ClFNO4/c1-8(18)11-7-10(16)3-5-13(11)21-14-4-2-9(15)6-12(14)17(19)20/h2-8,18H,1H3. The summed E-state index contributed by atoms with van der Waals surface area (Å²) < 4.78 is 18.7. The van der Waals surface area contributed by atoms with Gasteiger partial charge >= 0.3 is 5.69 Å². The van der Waals surface area contributed by atoms with Gasteiger partial charge in [0.1, 0.15) is 11.6 Å². The van der Waals surface area contributed by atoms with Crippen LogP contribution < -0.4 is 4.74 Å². The van der Waals surface area contributed by atoms with Crippen LogP contribution in [0, 0.1) is 15.9 Å². The average Bonchev–Trinajstić information content (AvgIpc) is 2.42. The lowest BCUT2D eigenvalue weighted by molar-refractivity contribution is -0.385. The van der Waals surface area contributed by atoms with Crippen molar-refractivity contribution in [3.8, 4) is 11.5 Å². The number of benzene rings is 2. The largest absolute Gasteiger partial charge is 0.450 e. The van der Waals surface area contributed by atoms with Crippen molar-refractivity contribution < 1.29 is 19.2 Å². The highest BCUT2D eigenvalue weighted by Crippen LogP contribution is 2.36. The van der Waals surface area contributed by atoms with Crippen LogP contribution in [0.1, 0.15) is 18.6 Å². The Morgan fingerprint density at radius 1 is 1.29 bits per heavy atom. The number of hydrogen-bond acceptors (Lipinski definition) is 4. The molecule has 2 rings (SSSR count). The fourth-order valence-electron chi connectivity index (χ4n) is 1.78. The first-order chi connectivity index (χ1) is 9.88. The lowest BCUT2D eigenvalue weighted by atomic mass is 10.1. The summed E-state index contributed by atoms with van der Waals surface area (Å²) in [5.74, 6) is -0.446. The van der Waals surface area contributed by atoms with Crippen LogP contribution in [0.2, 0.25) is 5.02 Å².